The van der Waals surface area contributed by atoms with Gasteiger partial charge in [0.2, 0.25) is 11.8 Å². The summed E-state index contributed by atoms with van der Waals surface area (Å²) in [5.41, 5.74) is 3.33. The Kier molecular flexibility index (Phi) is 12.8. The van der Waals surface area contributed by atoms with Crippen molar-refractivity contribution in [2.45, 2.75) is 135 Å². The molecule has 2 fully saturated rings. The third-order valence-electron chi connectivity index (χ3n) is 11.2. The number of ether oxygens (including phenoxy) is 1. The first kappa shape index (κ1) is 39.8. The van der Waals surface area contributed by atoms with E-state index in [-0.39, 0.29) is 29.9 Å². The van der Waals surface area contributed by atoms with E-state index in [1.54, 1.807) is 43.4 Å². The molecule has 292 valence electrons. The quantitative estimate of drug-likeness (QED) is 0.224. The molecule has 4 heterocycles. The SMILES string of the molecule is CCC(NCC1CCc2sc(N3CCC(NC(=O)C(CC)NC(=O)OC(C)(C)C)C3)c(C#N)c2C1)C(=O)NC1CCN(c2sc3c(c2C#N)CCCC3)C1. The molecule has 4 N–H and O–H groups in total. The van der Waals surface area contributed by atoms with Gasteiger partial charge in [-0.3, -0.25) is 9.59 Å². The van der Waals surface area contributed by atoms with Gasteiger partial charge in [-0.1, -0.05) is 13.8 Å². The maximum absolute atomic E-state index is 13.5. The molecule has 0 spiro atoms. The molecule has 5 atom stereocenters. The fourth-order valence-electron chi connectivity index (χ4n) is 8.31. The lowest BCUT2D eigenvalue weighted by atomic mass is 9.86. The minimum absolute atomic E-state index is 0.0314. The topological polar surface area (TPSA) is 163 Å². The highest BCUT2D eigenvalue weighted by Crippen LogP contribution is 2.43. The van der Waals surface area contributed by atoms with Gasteiger partial charge in [0.25, 0.3) is 0 Å². The standard InChI is InChI=1S/C40H56N8O4S2/c1-6-31(35(49)44-25-14-16-47(22-25)37-29(19-41)27-10-8-9-11-33(27)53-37)43-21-24-12-13-34-28(18-24)30(20-42)38(54-34)48-17-15-26(23-48)45-36(50)32(7-2)46-39(51)52-40(3,4)5/h24-26,31-32,43H,6-18,21-23H2,1-5H3,(H,44,49)(H,45,50)(H,46,51). The fourth-order valence-corrected chi connectivity index (χ4v) is 11.0. The average molecular weight is 777 g/mol. The van der Waals surface area contributed by atoms with Gasteiger partial charge >= 0.3 is 6.09 Å². The van der Waals surface area contributed by atoms with Gasteiger partial charge in [0.05, 0.1) is 17.2 Å². The molecule has 2 aliphatic carbocycles. The summed E-state index contributed by atoms with van der Waals surface area (Å²) in [6.07, 6.45) is 9.25. The number of hydrogen-bond acceptors (Lipinski definition) is 11. The first-order valence-corrected chi connectivity index (χ1v) is 21.5. The molecule has 5 unspecified atom stereocenters. The number of nitrogens with zero attached hydrogens (tertiary/aromatic N) is 4. The van der Waals surface area contributed by atoms with Crippen molar-refractivity contribution in [2.75, 3.05) is 42.5 Å². The molecule has 14 heteroatoms. The van der Waals surface area contributed by atoms with Gasteiger partial charge in [0, 0.05) is 48.0 Å². The van der Waals surface area contributed by atoms with Crippen LogP contribution in [0.3, 0.4) is 0 Å². The van der Waals surface area contributed by atoms with Gasteiger partial charge in [0.15, 0.2) is 0 Å². The van der Waals surface area contributed by atoms with Crippen molar-refractivity contribution in [1.29, 1.82) is 10.5 Å². The van der Waals surface area contributed by atoms with Crippen molar-refractivity contribution in [3.8, 4) is 12.1 Å². The summed E-state index contributed by atoms with van der Waals surface area (Å²) in [5.74, 6) is 0.120. The number of rotatable bonds is 12. The molecule has 0 bridgehead atoms. The minimum atomic E-state index is -0.685. The number of hydrogen-bond donors (Lipinski definition) is 4. The zero-order valence-corrected chi connectivity index (χ0v) is 34.1. The Balaban J connectivity index is 0.990. The van der Waals surface area contributed by atoms with Crippen LogP contribution in [0, 0.1) is 28.6 Å². The lowest BCUT2D eigenvalue weighted by molar-refractivity contribution is -0.124. The molecule has 2 saturated heterocycles. The zero-order valence-electron chi connectivity index (χ0n) is 32.4. The molecule has 2 aliphatic heterocycles. The third-order valence-corrected chi connectivity index (χ3v) is 13.9. The van der Waals surface area contributed by atoms with Crippen LogP contribution in [-0.2, 0) is 40.0 Å². The van der Waals surface area contributed by atoms with Crippen LogP contribution in [0.4, 0.5) is 14.8 Å². The second-order valence-electron chi connectivity index (χ2n) is 16.3. The van der Waals surface area contributed by atoms with Crippen LogP contribution in [-0.4, -0.2) is 80.4 Å². The van der Waals surface area contributed by atoms with Crippen molar-refractivity contribution in [3.63, 3.8) is 0 Å². The van der Waals surface area contributed by atoms with E-state index < -0.39 is 17.7 Å². The number of thiophene rings is 2. The van der Waals surface area contributed by atoms with Gasteiger partial charge < -0.3 is 35.8 Å². The fraction of sp³-hybridized carbons (Fsp3) is 0.675. The number of alkyl carbamates (subject to hydrolysis) is 1. The number of aryl methyl sites for hydroxylation is 2. The maximum atomic E-state index is 13.5. The van der Waals surface area contributed by atoms with Gasteiger partial charge in [-0.2, -0.15) is 10.5 Å². The second-order valence-corrected chi connectivity index (χ2v) is 18.4. The molecule has 3 amide bonds. The monoisotopic (exact) mass is 776 g/mol. The number of carbonyl (C=O) groups is 3. The summed E-state index contributed by atoms with van der Waals surface area (Å²) >= 11 is 3.48. The maximum Gasteiger partial charge on any atom is 0.408 e. The Hall–Kier alpha value is -3.85. The van der Waals surface area contributed by atoms with Crippen molar-refractivity contribution in [1.82, 2.24) is 21.3 Å². The lowest BCUT2D eigenvalue weighted by Gasteiger charge is -2.26. The zero-order chi connectivity index (χ0) is 38.6. The van der Waals surface area contributed by atoms with Gasteiger partial charge in [-0.15, -0.1) is 22.7 Å². The molecular formula is C40H56N8O4S2. The van der Waals surface area contributed by atoms with E-state index >= 15 is 0 Å². The van der Waals surface area contributed by atoms with Gasteiger partial charge in [-0.05, 0) is 115 Å². The third kappa shape index (κ3) is 9.15. The Morgan fingerprint density at radius 1 is 0.815 bits per heavy atom. The lowest BCUT2D eigenvalue weighted by Crippen LogP contribution is -2.50. The summed E-state index contributed by atoms with van der Waals surface area (Å²) < 4.78 is 5.34. The second kappa shape index (κ2) is 17.3. The first-order valence-electron chi connectivity index (χ1n) is 19.8. The molecule has 6 rings (SSSR count). The van der Waals surface area contributed by atoms with Crippen molar-refractivity contribution in [2.24, 2.45) is 5.92 Å². The summed E-state index contributed by atoms with van der Waals surface area (Å²) in [5, 5.41) is 35.0. The Bertz CT molecular complexity index is 1780. The average Bonchev–Trinajstić information content (AvgIpc) is 3.94. The molecule has 2 aromatic rings. The number of fused-ring (bicyclic) bond motifs is 2. The minimum Gasteiger partial charge on any atom is -0.444 e. The predicted octanol–water partition coefficient (Wildman–Crippen LogP) is 5.30. The van der Waals surface area contributed by atoms with Crippen molar-refractivity contribution < 1.29 is 19.1 Å². The molecule has 4 aliphatic rings. The van der Waals surface area contributed by atoms with Crippen LogP contribution >= 0.6 is 22.7 Å². The summed E-state index contributed by atoms with van der Waals surface area (Å²) in [6.45, 7) is 12.9. The molecule has 0 saturated carbocycles. The molecule has 54 heavy (non-hydrogen) atoms. The van der Waals surface area contributed by atoms with Gasteiger partial charge in [0.1, 0.15) is 33.8 Å². The predicted molar refractivity (Wildman–Crippen MR) is 213 cm³/mol. The van der Waals surface area contributed by atoms with E-state index in [0.717, 1.165) is 97.7 Å². The highest BCUT2D eigenvalue weighted by atomic mass is 32.1. The van der Waals surface area contributed by atoms with Gasteiger partial charge in [-0.25, -0.2) is 4.79 Å². The number of nitrogens with one attached hydrogen (secondary N) is 4. The van der Waals surface area contributed by atoms with Crippen LogP contribution in [0.1, 0.15) is 112 Å². The van der Waals surface area contributed by atoms with Crippen molar-refractivity contribution in [3.05, 3.63) is 32.0 Å². The van der Waals surface area contributed by atoms with E-state index in [2.05, 4.69) is 43.2 Å². The molecule has 0 radical (unpaired) electrons. The van der Waals surface area contributed by atoms with E-state index in [0.29, 0.717) is 31.8 Å². The summed E-state index contributed by atoms with van der Waals surface area (Å²) in [6, 6.07) is 3.99. The van der Waals surface area contributed by atoms with E-state index in [4.69, 9.17) is 4.74 Å². The smallest absolute Gasteiger partial charge is 0.408 e. The summed E-state index contributed by atoms with van der Waals surface area (Å²) in [4.78, 5) is 46.0. The van der Waals surface area contributed by atoms with Crippen LogP contribution in [0.25, 0.3) is 0 Å². The highest BCUT2D eigenvalue weighted by Gasteiger charge is 2.35. The number of amides is 3. The normalized spacial score (nSPS) is 22.0. The Morgan fingerprint density at radius 2 is 1.37 bits per heavy atom. The van der Waals surface area contributed by atoms with Crippen LogP contribution < -0.4 is 31.1 Å². The van der Waals surface area contributed by atoms with E-state index in [9.17, 15) is 24.9 Å². The molecule has 12 nitrogen and oxygen atoms in total. The summed E-state index contributed by atoms with van der Waals surface area (Å²) in [7, 11) is 0. The Labute approximate surface area is 328 Å². The van der Waals surface area contributed by atoms with E-state index in [1.807, 2.05) is 13.8 Å². The molecule has 2 aromatic heterocycles. The highest BCUT2D eigenvalue weighted by molar-refractivity contribution is 7.17. The number of anilines is 2. The number of carbonyl (C=O) groups excluding carboxylic acids is 3. The van der Waals surface area contributed by atoms with Crippen molar-refractivity contribution >= 4 is 50.6 Å². The Morgan fingerprint density at radius 3 is 1.94 bits per heavy atom. The van der Waals surface area contributed by atoms with E-state index in [1.165, 1.54) is 21.7 Å². The number of nitriles is 2. The largest absolute Gasteiger partial charge is 0.444 e. The molecule has 0 aromatic carbocycles. The van der Waals surface area contributed by atoms with Crippen LogP contribution in [0.2, 0.25) is 0 Å². The molecular weight excluding hydrogens is 721 g/mol. The van der Waals surface area contributed by atoms with Crippen LogP contribution in [0.5, 0.6) is 0 Å². The van der Waals surface area contributed by atoms with Crippen LogP contribution in [0.15, 0.2) is 0 Å². The first-order chi connectivity index (χ1) is 25.9.